The lowest BCUT2D eigenvalue weighted by Gasteiger charge is -2.28. The van der Waals surface area contributed by atoms with Crippen molar-refractivity contribution in [3.63, 3.8) is 0 Å². The highest BCUT2D eigenvalue weighted by Crippen LogP contribution is 2.48. The van der Waals surface area contributed by atoms with Crippen molar-refractivity contribution in [1.29, 1.82) is 0 Å². The molecule has 2 heterocycles. The highest BCUT2D eigenvalue weighted by molar-refractivity contribution is 6.01. The Hall–Kier alpha value is -2.44. The number of carbonyl (C=O) groups excluding carboxylic acids is 2. The topological polar surface area (TPSA) is 88.1 Å². The lowest BCUT2D eigenvalue weighted by atomic mass is 9.91. The molecule has 3 rings (SSSR count). The van der Waals surface area contributed by atoms with E-state index < -0.39 is 0 Å². The minimum Gasteiger partial charge on any atom is -0.504 e. The van der Waals surface area contributed by atoms with E-state index in [2.05, 4.69) is 5.32 Å². The fraction of sp³-hybridized carbons (Fsp3) is 0.529. The largest absolute Gasteiger partial charge is 0.504 e. The van der Waals surface area contributed by atoms with Gasteiger partial charge in [0.2, 0.25) is 18.4 Å². The molecule has 130 valence electrons. The Kier molecular flexibility index (Phi) is 4.26. The Balaban J connectivity index is 1.98. The van der Waals surface area contributed by atoms with Crippen LogP contribution in [0.2, 0.25) is 0 Å². The van der Waals surface area contributed by atoms with E-state index >= 15 is 0 Å². The zero-order valence-corrected chi connectivity index (χ0v) is 14.1. The summed E-state index contributed by atoms with van der Waals surface area (Å²) >= 11 is 0. The number of phenols is 1. The number of amides is 2. The third kappa shape index (κ3) is 2.74. The van der Waals surface area contributed by atoms with Crippen LogP contribution in [0.25, 0.3) is 0 Å². The first-order valence-corrected chi connectivity index (χ1v) is 8.08. The minimum atomic E-state index is -0.248. The first-order valence-electron chi connectivity index (χ1n) is 8.08. The molecule has 2 amide bonds. The zero-order valence-electron chi connectivity index (χ0n) is 14.1. The van der Waals surface area contributed by atoms with Gasteiger partial charge in [-0.3, -0.25) is 9.59 Å². The van der Waals surface area contributed by atoms with Gasteiger partial charge in [-0.15, -0.1) is 0 Å². The minimum absolute atomic E-state index is 0.0112. The Morgan fingerprint density at radius 1 is 1.33 bits per heavy atom. The highest BCUT2D eigenvalue weighted by Gasteiger charge is 2.35. The fourth-order valence-corrected chi connectivity index (χ4v) is 3.12. The average Bonchev–Trinajstić information content (AvgIpc) is 2.99. The van der Waals surface area contributed by atoms with E-state index in [1.165, 1.54) is 0 Å². The predicted octanol–water partition coefficient (Wildman–Crippen LogP) is 1.41. The number of likely N-dealkylation sites (N-methyl/N-ethyl adjacent to an activating group) is 1. The number of phenolic OH excluding ortho intramolecular Hbond substituents is 1. The number of benzene rings is 1. The second-order valence-corrected chi connectivity index (χ2v) is 6.60. The molecule has 0 aliphatic carbocycles. The van der Waals surface area contributed by atoms with Gasteiger partial charge < -0.3 is 24.8 Å². The maximum Gasteiger partial charge on any atom is 0.257 e. The summed E-state index contributed by atoms with van der Waals surface area (Å²) < 4.78 is 10.8. The van der Waals surface area contributed by atoms with Gasteiger partial charge in [0.05, 0.1) is 5.56 Å². The first-order chi connectivity index (χ1) is 11.4. The Morgan fingerprint density at radius 3 is 2.75 bits per heavy atom. The number of carbonyl (C=O) groups is 2. The molecule has 1 aromatic carbocycles. The zero-order chi connectivity index (χ0) is 17.4. The molecular formula is C17H22N2O5. The van der Waals surface area contributed by atoms with Crippen molar-refractivity contribution in [3.8, 4) is 17.2 Å². The Bertz CT molecular complexity index is 699. The summed E-state index contributed by atoms with van der Waals surface area (Å²) in [5, 5.41) is 13.3. The number of nitrogens with zero attached hydrogens (tertiary/aromatic N) is 1. The summed E-state index contributed by atoms with van der Waals surface area (Å²) in [5.41, 5.74) is 1.69. The second-order valence-electron chi connectivity index (χ2n) is 6.60. The molecule has 0 aromatic heterocycles. The lowest BCUT2D eigenvalue weighted by molar-refractivity contribution is -0.121. The summed E-state index contributed by atoms with van der Waals surface area (Å²) in [6.45, 7) is 4.74. The Morgan fingerprint density at radius 2 is 2.04 bits per heavy atom. The summed E-state index contributed by atoms with van der Waals surface area (Å²) in [6.07, 6.45) is 1.03. The van der Waals surface area contributed by atoms with E-state index in [0.717, 1.165) is 5.56 Å². The van der Waals surface area contributed by atoms with Crippen molar-refractivity contribution in [2.45, 2.75) is 33.2 Å². The van der Waals surface area contributed by atoms with Crippen LogP contribution in [0, 0.1) is 5.92 Å². The summed E-state index contributed by atoms with van der Waals surface area (Å²) in [7, 11) is 1.69. The number of hydrogen-bond donors (Lipinski definition) is 2. The second kappa shape index (κ2) is 6.22. The molecule has 2 aliphatic heterocycles. The monoisotopic (exact) mass is 334 g/mol. The third-order valence-electron chi connectivity index (χ3n) is 4.32. The van der Waals surface area contributed by atoms with Gasteiger partial charge in [0.1, 0.15) is 0 Å². The average molecular weight is 334 g/mol. The molecule has 7 heteroatoms. The fourth-order valence-electron chi connectivity index (χ4n) is 3.12. The van der Waals surface area contributed by atoms with Gasteiger partial charge in [-0.2, -0.15) is 0 Å². The molecule has 7 nitrogen and oxygen atoms in total. The molecule has 0 saturated carbocycles. The molecule has 24 heavy (non-hydrogen) atoms. The van der Waals surface area contributed by atoms with Crippen LogP contribution >= 0.6 is 0 Å². The lowest BCUT2D eigenvalue weighted by Crippen LogP contribution is -2.35. The van der Waals surface area contributed by atoms with Crippen LogP contribution < -0.4 is 14.8 Å². The SMILES string of the molecule is CC(C)CC(=O)NCc1c2c(c(O)c3c1OCO3)C(=O)N(C)CC2. The maximum atomic E-state index is 12.5. The van der Waals surface area contributed by atoms with Crippen LogP contribution in [-0.2, 0) is 17.8 Å². The number of rotatable bonds is 4. The summed E-state index contributed by atoms with van der Waals surface area (Å²) in [6, 6.07) is 0. The van der Waals surface area contributed by atoms with Gasteiger partial charge in [0.15, 0.2) is 11.5 Å². The first kappa shape index (κ1) is 16.4. The molecule has 2 aliphatic rings. The molecule has 2 N–H and O–H groups in total. The smallest absolute Gasteiger partial charge is 0.257 e. The molecule has 0 atom stereocenters. The van der Waals surface area contributed by atoms with E-state index in [1.807, 2.05) is 13.8 Å². The molecule has 0 fully saturated rings. The normalized spacial score (nSPS) is 15.7. The van der Waals surface area contributed by atoms with E-state index in [4.69, 9.17) is 9.47 Å². The standard InChI is InChI=1S/C17H22N2O5/c1-9(2)6-12(20)18-7-11-10-4-5-19(3)17(22)13(10)14(21)16-15(11)23-8-24-16/h9,21H,4-8H2,1-3H3,(H,18,20). The predicted molar refractivity (Wildman–Crippen MR) is 86.2 cm³/mol. The van der Waals surface area contributed by atoms with Gasteiger partial charge >= 0.3 is 0 Å². The maximum absolute atomic E-state index is 12.5. The molecule has 0 unspecified atom stereocenters. The summed E-state index contributed by atoms with van der Waals surface area (Å²) in [5.74, 6) is 0.394. The van der Waals surface area contributed by atoms with Gasteiger partial charge in [0.25, 0.3) is 5.91 Å². The molecule has 0 radical (unpaired) electrons. The van der Waals surface area contributed by atoms with Gasteiger partial charge in [-0.1, -0.05) is 13.8 Å². The third-order valence-corrected chi connectivity index (χ3v) is 4.32. The molecule has 1 aromatic rings. The van der Waals surface area contributed by atoms with Crippen LogP contribution in [0.1, 0.15) is 41.8 Å². The number of ether oxygens (including phenoxy) is 2. The number of nitrogens with one attached hydrogen (secondary N) is 1. The van der Waals surface area contributed by atoms with Crippen LogP contribution in [-0.4, -0.2) is 42.2 Å². The van der Waals surface area contributed by atoms with Gasteiger partial charge in [0, 0.05) is 32.1 Å². The number of fused-ring (bicyclic) bond motifs is 2. The number of hydrogen-bond acceptors (Lipinski definition) is 5. The molecule has 0 spiro atoms. The van der Waals surface area contributed by atoms with Crippen LogP contribution in [0.4, 0.5) is 0 Å². The van der Waals surface area contributed by atoms with Crippen molar-refractivity contribution >= 4 is 11.8 Å². The van der Waals surface area contributed by atoms with Crippen molar-refractivity contribution < 1.29 is 24.2 Å². The molecular weight excluding hydrogens is 312 g/mol. The molecule has 0 bridgehead atoms. The van der Waals surface area contributed by atoms with Gasteiger partial charge in [-0.25, -0.2) is 0 Å². The van der Waals surface area contributed by atoms with Crippen LogP contribution in [0.5, 0.6) is 17.2 Å². The Labute approximate surface area is 140 Å². The summed E-state index contributed by atoms with van der Waals surface area (Å²) in [4.78, 5) is 26.0. The molecule has 0 saturated heterocycles. The van der Waals surface area contributed by atoms with Crippen molar-refractivity contribution in [2.24, 2.45) is 5.92 Å². The quantitative estimate of drug-likeness (QED) is 0.869. The van der Waals surface area contributed by atoms with Crippen LogP contribution in [0.3, 0.4) is 0 Å². The van der Waals surface area contributed by atoms with Crippen molar-refractivity contribution in [1.82, 2.24) is 10.2 Å². The van der Waals surface area contributed by atoms with Crippen molar-refractivity contribution in [3.05, 3.63) is 16.7 Å². The van der Waals surface area contributed by atoms with E-state index in [-0.39, 0.29) is 48.1 Å². The number of aromatic hydroxyl groups is 1. The van der Waals surface area contributed by atoms with Gasteiger partial charge in [-0.05, 0) is 17.9 Å². The van der Waals surface area contributed by atoms with E-state index in [9.17, 15) is 14.7 Å². The van der Waals surface area contributed by atoms with Crippen molar-refractivity contribution in [2.75, 3.05) is 20.4 Å². The van der Waals surface area contributed by atoms with E-state index in [0.29, 0.717) is 30.7 Å². The van der Waals surface area contributed by atoms with Crippen LogP contribution in [0.15, 0.2) is 0 Å². The van der Waals surface area contributed by atoms with E-state index in [1.54, 1.807) is 11.9 Å². The highest BCUT2D eigenvalue weighted by atomic mass is 16.7.